The Bertz CT molecular complexity index is 443. The number of hydrogen-bond donors (Lipinski definition) is 1. The van der Waals surface area contributed by atoms with Gasteiger partial charge in [-0.2, -0.15) is 0 Å². The fraction of sp³-hybridized carbons (Fsp3) is 0.667. The Morgan fingerprint density at radius 1 is 1.26 bits per heavy atom. The molecular weight excluding hydrogens is 230 g/mol. The van der Waals surface area contributed by atoms with Crippen LogP contribution in [-0.2, 0) is 6.42 Å². The summed E-state index contributed by atoms with van der Waals surface area (Å²) >= 11 is 0. The van der Waals surface area contributed by atoms with E-state index < -0.39 is 0 Å². The molecule has 2 aliphatic carbocycles. The van der Waals surface area contributed by atoms with Crippen LogP contribution in [0.2, 0.25) is 0 Å². The lowest BCUT2D eigenvalue weighted by molar-refractivity contribution is 0.255. The van der Waals surface area contributed by atoms with Crippen molar-refractivity contribution in [1.29, 1.82) is 0 Å². The molecule has 0 spiro atoms. The number of hydrogen-bond acceptors (Lipinski definition) is 1. The molecule has 1 nitrogen and oxygen atoms in total. The van der Waals surface area contributed by atoms with E-state index in [0.717, 1.165) is 0 Å². The zero-order valence-electron chi connectivity index (χ0n) is 12.5. The predicted molar refractivity (Wildman–Crippen MR) is 81.4 cm³/mol. The van der Waals surface area contributed by atoms with Crippen LogP contribution in [0.15, 0.2) is 18.2 Å². The minimum atomic E-state index is 0.604. The fourth-order valence-corrected chi connectivity index (χ4v) is 4.05. The normalized spacial score (nSPS) is 24.6. The molecule has 1 heteroatoms. The Hall–Kier alpha value is -0.820. The number of nitrogens with one attached hydrogen (secondary N) is 1. The van der Waals surface area contributed by atoms with Gasteiger partial charge in [0.25, 0.3) is 0 Å². The van der Waals surface area contributed by atoms with Gasteiger partial charge in [-0.05, 0) is 55.6 Å². The van der Waals surface area contributed by atoms with Gasteiger partial charge in [-0.25, -0.2) is 0 Å². The van der Waals surface area contributed by atoms with Gasteiger partial charge < -0.3 is 5.32 Å². The highest BCUT2D eigenvalue weighted by atomic mass is 14.9. The van der Waals surface area contributed by atoms with Crippen molar-refractivity contribution in [1.82, 2.24) is 5.32 Å². The number of aryl methyl sites for hydroxylation is 2. The Morgan fingerprint density at radius 3 is 2.79 bits per heavy atom. The second kappa shape index (κ2) is 5.28. The molecule has 0 radical (unpaired) electrons. The molecule has 1 saturated carbocycles. The van der Waals surface area contributed by atoms with E-state index in [1.54, 1.807) is 11.1 Å². The summed E-state index contributed by atoms with van der Waals surface area (Å²) in [6.45, 7) is 5.81. The molecule has 0 saturated heterocycles. The molecule has 1 unspecified atom stereocenters. The van der Waals surface area contributed by atoms with Gasteiger partial charge in [0, 0.05) is 12.6 Å². The van der Waals surface area contributed by atoms with E-state index in [1.165, 1.54) is 57.1 Å². The van der Waals surface area contributed by atoms with Gasteiger partial charge in [-0.1, -0.05) is 43.5 Å². The van der Waals surface area contributed by atoms with Gasteiger partial charge in [-0.15, -0.1) is 0 Å². The van der Waals surface area contributed by atoms with Crippen molar-refractivity contribution >= 4 is 0 Å². The standard InChI is InChI=1S/C18H27N/c1-3-18(10-4-5-11-18)13-19-17-9-8-15-7-6-14(2)12-16(15)17/h6-7,12,17,19H,3-5,8-11,13H2,1-2H3. The van der Waals surface area contributed by atoms with E-state index in [-0.39, 0.29) is 0 Å². The highest BCUT2D eigenvalue weighted by molar-refractivity contribution is 5.37. The van der Waals surface area contributed by atoms with E-state index >= 15 is 0 Å². The van der Waals surface area contributed by atoms with Crippen molar-refractivity contribution in [2.45, 2.75) is 64.8 Å². The fourth-order valence-electron chi connectivity index (χ4n) is 4.05. The number of rotatable bonds is 4. The van der Waals surface area contributed by atoms with Crippen molar-refractivity contribution in [3.05, 3.63) is 34.9 Å². The van der Waals surface area contributed by atoms with Crippen LogP contribution in [0.5, 0.6) is 0 Å². The van der Waals surface area contributed by atoms with Gasteiger partial charge >= 0.3 is 0 Å². The topological polar surface area (TPSA) is 12.0 Å². The average Bonchev–Trinajstić information content (AvgIpc) is 3.03. The molecule has 0 aromatic heterocycles. The summed E-state index contributed by atoms with van der Waals surface area (Å²) in [5.74, 6) is 0. The molecule has 1 atom stereocenters. The number of fused-ring (bicyclic) bond motifs is 1. The zero-order chi connectivity index (χ0) is 13.3. The van der Waals surface area contributed by atoms with E-state index in [2.05, 4.69) is 37.4 Å². The summed E-state index contributed by atoms with van der Waals surface area (Å²) in [7, 11) is 0. The molecule has 2 aliphatic rings. The minimum absolute atomic E-state index is 0.604. The van der Waals surface area contributed by atoms with Crippen LogP contribution >= 0.6 is 0 Å². The van der Waals surface area contributed by atoms with Crippen LogP contribution in [0.25, 0.3) is 0 Å². The first kappa shape index (κ1) is 13.2. The van der Waals surface area contributed by atoms with Crippen LogP contribution in [0.1, 0.15) is 68.2 Å². The summed E-state index contributed by atoms with van der Waals surface area (Å²) < 4.78 is 0. The van der Waals surface area contributed by atoms with E-state index in [9.17, 15) is 0 Å². The summed E-state index contributed by atoms with van der Waals surface area (Å²) in [5, 5.41) is 3.90. The molecule has 3 rings (SSSR count). The SMILES string of the molecule is CCC1(CNC2CCc3ccc(C)cc32)CCCC1. The van der Waals surface area contributed by atoms with Crippen molar-refractivity contribution < 1.29 is 0 Å². The summed E-state index contributed by atoms with van der Waals surface area (Å²) in [4.78, 5) is 0. The lowest BCUT2D eigenvalue weighted by Crippen LogP contribution is -2.33. The molecule has 0 bridgehead atoms. The summed E-state index contributed by atoms with van der Waals surface area (Å²) in [5.41, 5.74) is 5.15. The molecule has 104 valence electrons. The molecule has 0 aliphatic heterocycles. The Morgan fingerprint density at radius 2 is 2.05 bits per heavy atom. The van der Waals surface area contributed by atoms with Crippen molar-refractivity contribution in [2.75, 3.05) is 6.54 Å². The molecule has 0 heterocycles. The molecule has 1 aromatic carbocycles. The molecule has 0 amide bonds. The van der Waals surface area contributed by atoms with Gasteiger partial charge in [0.2, 0.25) is 0 Å². The third-order valence-electron chi connectivity index (χ3n) is 5.52. The van der Waals surface area contributed by atoms with Crippen LogP contribution in [-0.4, -0.2) is 6.54 Å². The Balaban J connectivity index is 1.68. The van der Waals surface area contributed by atoms with E-state index in [1.807, 2.05) is 0 Å². The first-order valence-corrected chi connectivity index (χ1v) is 8.05. The second-order valence-electron chi connectivity index (χ2n) is 6.74. The van der Waals surface area contributed by atoms with Gasteiger partial charge in [-0.3, -0.25) is 0 Å². The lowest BCUT2D eigenvalue weighted by Gasteiger charge is -2.30. The molecule has 1 aromatic rings. The van der Waals surface area contributed by atoms with Crippen molar-refractivity contribution in [2.24, 2.45) is 5.41 Å². The highest BCUT2D eigenvalue weighted by Gasteiger charge is 2.33. The van der Waals surface area contributed by atoms with Crippen LogP contribution < -0.4 is 5.32 Å². The highest BCUT2D eigenvalue weighted by Crippen LogP contribution is 2.41. The maximum Gasteiger partial charge on any atom is 0.0326 e. The van der Waals surface area contributed by atoms with Crippen molar-refractivity contribution in [3.63, 3.8) is 0 Å². The quantitative estimate of drug-likeness (QED) is 0.835. The average molecular weight is 257 g/mol. The maximum atomic E-state index is 3.90. The second-order valence-corrected chi connectivity index (χ2v) is 6.74. The van der Waals surface area contributed by atoms with Gasteiger partial charge in [0.15, 0.2) is 0 Å². The molecular formula is C18H27N. The molecule has 1 fully saturated rings. The lowest BCUT2D eigenvalue weighted by atomic mass is 9.83. The van der Waals surface area contributed by atoms with E-state index in [4.69, 9.17) is 0 Å². The van der Waals surface area contributed by atoms with Gasteiger partial charge in [0.05, 0.1) is 0 Å². The third-order valence-corrected chi connectivity index (χ3v) is 5.52. The van der Waals surface area contributed by atoms with Crippen molar-refractivity contribution in [3.8, 4) is 0 Å². The Kier molecular flexibility index (Phi) is 3.66. The first-order valence-electron chi connectivity index (χ1n) is 8.05. The number of benzene rings is 1. The zero-order valence-corrected chi connectivity index (χ0v) is 12.5. The minimum Gasteiger partial charge on any atom is -0.309 e. The largest absolute Gasteiger partial charge is 0.309 e. The van der Waals surface area contributed by atoms with Crippen LogP contribution in [0, 0.1) is 12.3 Å². The van der Waals surface area contributed by atoms with Gasteiger partial charge in [0.1, 0.15) is 0 Å². The smallest absolute Gasteiger partial charge is 0.0326 e. The van der Waals surface area contributed by atoms with Crippen LogP contribution in [0.4, 0.5) is 0 Å². The molecule has 1 N–H and O–H groups in total. The summed E-state index contributed by atoms with van der Waals surface area (Å²) in [6, 6.07) is 7.59. The monoisotopic (exact) mass is 257 g/mol. The summed E-state index contributed by atoms with van der Waals surface area (Å²) in [6.07, 6.45) is 9.64. The first-order chi connectivity index (χ1) is 9.22. The van der Waals surface area contributed by atoms with Crippen LogP contribution in [0.3, 0.4) is 0 Å². The predicted octanol–water partition coefficient (Wildman–Crippen LogP) is 4.54. The molecule has 19 heavy (non-hydrogen) atoms. The third kappa shape index (κ3) is 2.58. The maximum absolute atomic E-state index is 3.90. The Labute approximate surface area is 117 Å². The van der Waals surface area contributed by atoms with E-state index in [0.29, 0.717) is 11.5 Å².